The van der Waals surface area contributed by atoms with E-state index in [0.29, 0.717) is 32.1 Å². The van der Waals surface area contributed by atoms with Gasteiger partial charge in [-0.1, -0.05) is 40.0 Å². The topological polar surface area (TPSA) is 87.8 Å². The van der Waals surface area contributed by atoms with Crippen molar-refractivity contribution in [2.45, 2.75) is 46.5 Å². The second kappa shape index (κ2) is 10.9. The Labute approximate surface area is 123 Å². The van der Waals surface area contributed by atoms with Gasteiger partial charge in [0.25, 0.3) is 0 Å². The number of unbranched alkanes of at least 4 members (excludes halogenated alkanes) is 3. The zero-order valence-corrected chi connectivity index (χ0v) is 13.9. The Hall–Kier alpha value is -0.820. The highest BCUT2D eigenvalue weighted by Gasteiger charge is 2.17. The van der Waals surface area contributed by atoms with E-state index in [4.69, 9.17) is 5.73 Å². The van der Waals surface area contributed by atoms with Crippen molar-refractivity contribution in [1.82, 2.24) is 9.62 Å². The van der Waals surface area contributed by atoms with Crippen molar-refractivity contribution < 1.29 is 8.42 Å². The summed E-state index contributed by atoms with van der Waals surface area (Å²) in [6, 6.07) is 0. The van der Waals surface area contributed by atoms with E-state index in [9.17, 15) is 8.42 Å². The fourth-order valence-electron chi connectivity index (χ4n) is 1.85. The van der Waals surface area contributed by atoms with Gasteiger partial charge in [0, 0.05) is 26.2 Å². The maximum absolute atomic E-state index is 11.9. The largest absolute Gasteiger partial charge is 0.370 e. The minimum absolute atomic E-state index is 0.0424. The minimum Gasteiger partial charge on any atom is -0.370 e. The maximum atomic E-state index is 11.9. The van der Waals surface area contributed by atoms with Crippen molar-refractivity contribution >= 4 is 16.0 Å². The van der Waals surface area contributed by atoms with Crippen LogP contribution in [0.1, 0.15) is 46.5 Å². The quantitative estimate of drug-likeness (QED) is 0.340. The van der Waals surface area contributed by atoms with Crippen molar-refractivity contribution in [2.75, 3.05) is 31.9 Å². The van der Waals surface area contributed by atoms with Crippen LogP contribution >= 0.6 is 0 Å². The lowest BCUT2D eigenvalue weighted by Gasteiger charge is -2.18. The fraction of sp³-hybridized carbons (Fsp3) is 0.923. The number of nitrogens with two attached hydrogens (primary N) is 1. The van der Waals surface area contributed by atoms with Gasteiger partial charge in [0.1, 0.15) is 0 Å². The van der Waals surface area contributed by atoms with Crippen LogP contribution in [0.3, 0.4) is 0 Å². The van der Waals surface area contributed by atoms with Crippen molar-refractivity contribution in [2.24, 2.45) is 10.7 Å². The second-order valence-electron chi connectivity index (χ2n) is 4.65. The molecule has 3 N–H and O–H groups in total. The first-order valence-electron chi connectivity index (χ1n) is 7.49. The van der Waals surface area contributed by atoms with Crippen LogP contribution in [0.2, 0.25) is 0 Å². The summed E-state index contributed by atoms with van der Waals surface area (Å²) in [4.78, 5) is 4.18. The van der Waals surface area contributed by atoms with Crippen LogP contribution in [0, 0.1) is 0 Å². The van der Waals surface area contributed by atoms with E-state index < -0.39 is 10.0 Å². The van der Waals surface area contributed by atoms with Crippen LogP contribution in [-0.2, 0) is 10.0 Å². The molecule has 0 unspecified atom stereocenters. The first kappa shape index (κ1) is 19.2. The van der Waals surface area contributed by atoms with E-state index >= 15 is 0 Å². The molecule has 0 aromatic rings. The number of aliphatic imine (C=N–C) groups is 1. The van der Waals surface area contributed by atoms with Gasteiger partial charge in [0.15, 0.2) is 5.96 Å². The normalized spacial score (nSPS) is 12.9. The summed E-state index contributed by atoms with van der Waals surface area (Å²) in [7, 11) is -3.19. The lowest BCUT2D eigenvalue weighted by atomic mass is 10.2. The third kappa shape index (κ3) is 8.37. The fourth-order valence-corrected chi connectivity index (χ4v) is 3.25. The molecule has 120 valence electrons. The van der Waals surface area contributed by atoms with Crippen molar-refractivity contribution in [3.05, 3.63) is 0 Å². The van der Waals surface area contributed by atoms with Gasteiger partial charge in [-0.15, -0.1) is 0 Å². The number of rotatable bonds is 11. The summed E-state index contributed by atoms with van der Waals surface area (Å²) in [5, 5.41) is 2.85. The van der Waals surface area contributed by atoms with E-state index in [0.717, 1.165) is 12.8 Å². The summed E-state index contributed by atoms with van der Waals surface area (Å²) >= 11 is 0. The molecule has 0 spiro atoms. The predicted molar refractivity (Wildman–Crippen MR) is 85.3 cm³/mol. The molecule has 0 aromatic heterocycles. The first-order chi connectivity index (χ1) is 9.47. The smallest absolute Gasteiger partial charge is 0.215 e. The molecule has 0 aliphatic heterocycles. The molecule has 0 aliphatic rings. The van der Waals surface area contributed by atoms with Gasteiger partial charge >= 0.3 is 0 Å². The molecule has 6 nitrogen and oxygen atoms in total. The van der Waals surface area contributed by atoms with Crippen molar-refractivity contribution in [3.63, 3.8) is 0 Å². The van der Waals surface area contributed by atoms with E-state index in [1.54, 1.807) is 0 Å². The number of hydrogen-bond acceptors (Lipinski definition) is 3. The summed E-state index contributed by atoms with van der Waals surface area (Å²) in [6.07, 6.45) is 4.59. The zero-order chi connectivity index (χ0) is 15.4. The third-order valence-corrected chi connectivity index (χ3v) is 5.08. The zero-order valence-electron chi connectivity index (χ0n) is 13.1. The molecule has 0 rings (SSSR count). The monoisotopic (exact) mass is 306 g/mol. The Balaban J connectivity index is 3.95. The summed E-state index contributed by atoms with van der Waals surface area (Å²) in [5.41, 5.74) is 5.69. The van der Waals surface area contributed by atoms with Crippen LogP contribution in [0.4, 0.5) is 0 Å². The Bertz CT molecular complexity index is 365. The van der Waals surface area contributed by atoms with Gasteiger partial charge in [0.2, 0.25) is 10.0 Å². The van der Waals surface area contributed by atoms with E-state index in [1.165, 1.54) is 17.1 Å². The Morgan fingerprint density at radius 1 is 1.15 bits per heavy atom. The SMILES string of the molecule is CCCCCCN=C(N)NCCS(=O)(=O)N(CC)CC. The molecule has 0 amide bonds. The molecule has 0 fully saturated rings. The molecular weight excluding hydrogens is 276 g/mol. The molecule has 0 aromatic carbocycles. The molecule has 7 heteroatoms. The van der Waals surface area contributed by atoms with Gasteiger partial charge in [-0.25, -0.2) is 12.7 Å². The highest BCUT2D eigenvalue weighted by molar-refractivity contribution is 7.89. The molecule has 0 heterocycles. The minimum atomic E-state index is -3.19. The van der Waals surface area contributed by atoms with Gasteiger partial charge < -0.3 is 11.1 Å². The van der Waals surface area contributed by atoms with Crippen molar-refractivity contribution in [1.29, 1.82) is 0 Å². The number of sulfonamides is 1. The number of nitrogens with one attached hydrogen (secondary N) is 1. The van der Waals surface area contributed by atoms with E-state index in [-0.39, 0.29) is 5.75 Å². The Kier molecular flexibility index (Phi) is 10.5. The highest BCUT2D eigenvalue weighted by Crippen LogP contribution is 2.00. The van der Waals surface area contributed by atoms with Crippen LogP contribution in [0.15, 0.2) is 4.99 Å². The van der Waals surface area contributed by atoms with Crippen LogP contribution in [0.25, 0.3) is 0 Å². The maximum Gasteiger partial charge on any atom is 0.215 e. The van der Waals surface area contributed by atoms with Crippen LogP contribution in [0.5, 0.6) is 0 Å². The molecule has 0 saturated heterocycles. The molecule has 0 bridgehead atoms. The third-order valence-electron chi connectivity index (χ3n) is 3.06. The molecule has 0 saturated carbocycles. The number of hydrogen-bond donors (Lipinski definition) is 2. The van der Waals surface area contributed by atoms with Gasteiger partial charge in [-0.2, -0.15) is 0 Å². The van der Waals surface area contributed by atoms with Crippen molar-refractivity contribution in [3.8, 4) is 0 Å². The highest BCUT2D eigenvalue weighted by atomic mass is 32.2. The van der Waals surface area contributed by atoms with E-state index in [1.807, 2.05) is 13.8 Å². The van der Waals surface area contributed by atoms with Gasteiger partial charge in [-0.05, 0) is 6.42 Å². The first-order valence-corrected chi connectivity index (χ1v) is 9.10. The lowest BCUT2D eigenvalue weighted by Crippen LogP contribution is -2.39. The molecule has 20 heavy (non-hydrogen) atoms. The Morgan fingerprint density at radius 3 is 2.35 bits per heavy atom. The number of nitrogens with zero attached hydrogens (tertiary/aromatic N) is 2. The van der Waals surface area contributed by atoms with Gasteiger partial charge in [-0.3, -0.25) is 4.99 Å². The molecule has 0 aliphatic carbocycles. The van der Waals surface area contributed by atoms with Gasteiger partial charge in [0.05, 0.1) is 5.75 Å². The molecular formula is C13H30N4O2S. The van der Waals surface area contributed by atoms with Crippen LogP contribution < -0.4 is 11.1 Å². The van der Waals surface area contributed by atoms with Crippen LogP contribution in [-0.4, -0.2) is 50.6 Å². The predicted octanol–water partition coefficient (Wildman–Crippen LogP) is 1.14. The summed E-state index contributed by atoms with van der Waals surface area (Å²) in [5.74, 6) is 0.372. The Morgan fingerprint density at radius 2 is 1.80 bits per heavy atom. The average molecular weight is 306 g/mol. The van der Waals surface area contributed by atoms with E-state index in [2.05, 4.69) is 17.2 Å². The summed E-state index contributed by atoms with van der Waals surface area (Å²) in [6.45, 7) is 7.82. The molecule has 0 atom stereocenters. The molecule has 0 radical (unpaired) electrons. The second-order valence-corrected chi connectivity index (χ2v) is 6.74. The summed E-state index contributed by atoms with van der Waals surface area (Å²) < 4.78 is 25.3. The number of guanidine groups is 1. The standard InChI is InChI=1S/C13H30N4O2S/c1-4-7-8-9-10-15-13(14)16-11-12-20(18,19)17(5-2)6-3/h4-12H2,1-3H3,(H3,14,15,16). The average Bonchev–Trinajstić information content (AvgIpc) is 2.39. The lowest BCUT2D eigenvalue weighted by molar-refractivity contribution is 0.445.